The molecular weight excluding hydrogens is 350 g/mol. The van der Waals surface area contributed by atoms with Gasteiger partial charge in [-0.05, 0) is 40.7 Å². The van der Waals surface area contributed by atoms with Crippen molar-refractivity contribution in [1.29, 1.82) is 0 Å². The highest BCUT2D eigenvalue weighted by Crippen LogP contribution is 2.37. The molecular formula is C24H31NO3. The van der Waals surface area contributed by atoms with E-state index < -0.39 is 0 Å². The fourth-order valence-electron chi connectivity index (χ4n) is 3.50. The van der Waals surface area contributed by atoms with Crippen LogP contribution in [0.4, 0.5) is 0 Å². The molecule has 0 radical (unpaired) electrons. The molecule has 4 nitrogen and oxygen atoms in total. The number of amides is 1. The van der Waals surface area contributed by atoms with Gasteiger partial charge in [-0.2, -0.15) is 0 Å². The molecule has 1 heterocycles. The van der Waals surface area contributed by atoms with Gasteiger partial charge >= 0.3 is 0 Å². The zero-order valence-corrected chi connectivity index (χ0v) is 17.4. The summed E-state index contributed by atoms with van der Waals surface area (Å²) in [6, 6.07) is 14.2. The Kier molecular flexibility index (Phi) is 6.74. The van der Waals surface area contributed by atoms with Crippen LogP contribution in [0.2, 0.25) is 0 Å². The Labute approximate surface area is 168 Å². The van der Waals surface area contributed by atoms with E-state index in [9.17, 15) is 4.79 Å². The van der Waals surface area contributed by atoms with E-state index in [0.717, 1.165) is 28.0 Å². The van der Waals surface area contributed by atoms with Gasteiger partial charge in [0.15, 0.2) is 0 Å². The van der Waals surface area contributed by atoms with E-state index in [-0.39, 0.29) is 17.7 Å². The Morgan fingerprint density at radius 2 is 1.57 bits per heavy atom. The second-order valence-electron chi connectivity index (χ2n) is 7.97. The third-order valence-electron chi connectivity index (χ3n) is 5.16. The molecule has 2 aromatic carbocycles. The zero-order valence-electron chi connectivity index (χ0n) is 17.4. The Morgan fingerprint density at radius 3 is 2.11 bits per heavy atom. The number of hydrogen-bond acceptors (Lipinski definition) is 3. The maximum absolute atomic E-state index is 13.1. The van der Waals surface area contributed by atoms with Crippen LogP contribution in [0.25, 0.3) is 0 Å². The van der Waals surface area contributed by atoms with Crippen molar-refractivity contribution >= 4 is 5.91 Å². The van der Waals surface area contributed by atoms with Gasteiger partial charge in [-0.1, -0.05) is 58.0 Å². The summed E-state index contributed by atoms with van der Waals surface area (Å²) in [4.78, 5) is 15.0. The molecule has 0 bridgehead atoms. The smallest absolute Gasteiger partial charge is 0.254 e. The number of rotatable bonds is 6. The van der Waals surface area contributed by atoms with Crippen LogP contribution >= 0.6 is 0 Å². The Bertz CT molecular complexity index is 764. The molecule has 28 heavy (non-hydrogen) atoms. The van der Waals surface area contributed by atoms with E-state index in [1.165, 1.54) is 0 Å². The minimum Gasteiger partial charge on any atom is -0.488 e. The number of carbonyl (C=O) groups excluding carboxylic acids is 1. The zero-order chi connectivity index (χ0) is 20.1. The van der Waals surface area contributed by atoms with Crippen molar-refractivity contribution < 1.29 is 14.3 Å². The van der Waals surface area contributed by atoms with Crippen molar-refractivity contribution in [1.82, 2.24) is 4.90 Å². The van der Waals surface area contributed by atoms with Gasteiger partial charge in [0.05, 0.1) is 13.2 Å². The maximum atomic E-state index is 13.1. The number of nitrogens with zero attached hydrogens (tertiary/aromatic N) is 1. The first-order chi connectivity index (χ1) is 13.5. The summed E-state index contributed by atoms with van der Waals surface area (Å²) >= 11 is 0. The molecule has 1 fully saturated rings. The van der Waals surface area contributed by atoms with Crippen molar-refractivity contribution in [3.05, 3.63) is 64.7 Å². The van der Waals surface area contributed by atoms with E-state index in [1.54, 1.807) is 0 Å². The first-order valence-corrected chi connectivity index (χ1v) is 10.2. The predicted octanol–water partition coefficient (Wildman–Crippen LogP) is 4.98. The standard InChI is InChI=1S/C24H31NO3/c1-17(2)21-14-20(24(26)25-10-12-27-13-11-25)15-22(18(3)4)23(21)28-16-19-8-6-5-7-9-19/h5-9,14-15,17-18H,10-13,16H2,1-4H3. The lowest BCUT2D eigenvalue weighted by atomic mass is 9.91. The number of morpholine rings is 1. The Balaban J connectivity index is 1.95. The molecule has 150 valence electrons. The molecule has 1 aliphatic heterocycles. The lowest BCUT2D eigenvalue weighted by Gasteiger charge is -2.28. The van der Waals surface area contributed by atoms with Crippen LogP contribution in [0, 0.1) is 0 Å². The van der Waals surface area contributed by atoms with Gasteiger partial charge in [-0.3, -0.25) is 4.79 Å². The molecule has 4 heteroatoms. The highest BCUT2D eigenvalue weighted by atomic mass is 16.5. The summed E-state index contributed by atoms with van der Waals surface area (Å²) in [6.07, 6.45) is 0. The normalized spacial score (nSPS) is 14.6. The van der Waals surface area contributed by atoms with Gasteiger partial charge in [0.2, 0.25) is 0 Å². The Hall–Kier alpha value is -2.33. The first kappa shape index (κ1) is 20.4. The minimum absolute atomic E-state index is 0.0849. The number of benzene rings is 2. The van der Waals surface area contributed by atoms with Crippen LogP contribution in [-0.2, 0) is 11.3 Å². The van der Waals surface area contributed by atoms with Crippen LogP contribution in [0.15, 0.2) is 42.5 Å². The summed E-state index contributed by atoms with van der Waals surface area (Å²) in [7, 11) is 0. The van der Waals surface area contributed by atoms with Crippen molar-refractivity contribution in [2.45, 2.75) is 46.1 Å². The second-order valence-corrected chi connectivity index (χ2v) is 7.97. The number of ether oxygens (including phenoxy) is 2. The third kappa shape index (κ3) is 4.74. The minimum atomic E-state index is 0.0849. The van der Waals surface area contributed by atoms with E-state index in [4.69, 9.17) is 9.47 Å². The van der Waals surface area contributed by atoms with E-state index in [1.807, 2.05) is 35.2 Å². The highest BCUT2D eigenvalue weighted by Gasteiger charge is 2.23. The lowest BCUT2D eigenvalue weighted by molar-refractivity contribution is 0.0302. The topological polar surface area (TPSA) is 38.8 Å². The second kappa shape index (κ2) is 9.24. The fraction of sp³-hybridized carbons (Fsp3) is 0.458. The van der Waals surface area contributed by atoms with Crippen molar-refractivity contribution in [2.75, 3.05) is 26.3 Å². The van der Waals surface area contributed by atoms with E-state index >= 15 is 0 Å². The summed E-state index contributed by atoms with van der Waals surface area (Å²) < 4.78 is 11.7. The van der Waals surface area contributed by atoms with E-state index in [0.29, 0.717) is 32.9 Å². The van der Waals surface area contributed by atoms with Gasteiger partial charge in [-0.25, -0.2) is 0 Å². The van der Waals surface area contributed by atoms with Gasteiger partial charge in [0.25, 0.3) is 5.91 Å². The monoisotopic (exact) mass is 381 g/mol. The molecule has 0 atom stereocenters. The van der Waals surface area contributed by atoms with Gasteiger partial charge in [0, 0.05) is 18.7 Å². The van der Waals surface area contributed by atoms with Crippen LogP contribution in [0.5, 0.6) is 5.75 Å². The Morgan fingerprint density at radius 1 is 1.00 bits per heavy atom. The van der Waals surface area contributed by atoms with Crippen molar-refractivity contribution in [2.24, 2.45) is 0 Å². The molecule has 1 amide bonds. The highest BCUT2D eigenvalue weighted by molar-refractivity contribution is 5.95. The fourth-order valence-corrected chi connectivity index (χ4v) is 3.50. The maximum Gasteiger partial charge on any atom is 0.254 e. The molecule has 3 rings (SSSR count). The van der Waals surface area contributed by atoms with Crippen LogP contribution in [0.3, 0.4) is 0 Å². The summed E-state index contributed by atoms with van der Waals surface area (Å²) in [6.45, 7) is 11.6. The molecule has 1 saturated heterocycles. The summed E-state index contributed by atoms with van der Waals surface area (Å²) in [5, 5.41) is 0. The summed E-state index contributed by atoms with van der Waals surface area (Å²) in [5.74, 6) is 1.54. The number of carbonyl (C=O) groups is 1. The molecule has 2 aromatic rings. The van der Waals surface area contributed by atoms with Crippen molar-refractivity contribution in [3.63, 3.8) is 0 Å². The van der Waals surface area contributed by atoms with Crippen LogP contribution < -0.4 is 4.74 Å². The van der Waals surface area contributed by atoms with Gasteiger partial charge in [0.1, 0.15) is 12.4 Å². The molecule has 1 aliphatic rings. The summed E-state index contributed by atoms with van der Waals surface area (Å²) in [5.41, 5.74) is 4.08. The average Bonchev–Trinajstić information content (AvgIpc) is 2.72. The number of hydrogen-bond donors (Lipinski definition) is 0. The molecule has 0 spiro atoms. The predicted molar refractivity (Wildman–Crippen MR) is 112 cm³/mol. The molecule has 0 aliphatic carbocycles. The van der Waals surface area contributed by atoms with Gasteiger partial charge < -0.3 is 14.4 Å². The van der Waals surface area contributed by atoms with Crippen LogP contribution in [0.1, 0.15) is 66.6 Å². The molecule has 0 unspecified atom stereocenters. The average molecular weight is 382 g/mol. The molecule has 0 saturated carbocycles. The first-order valence-electron chi connectivity index (χ1n) is 10.2. The van der Waals surface area contributed by atoms with Crippen molar-refractivity contribution in [3.8, 4) is 5.75 Å². The quantitative estimate of drug-likeness (QED) is 0.708. The van der Waals surface area contributed by atoms with Gasteiger partial charge in [-0.15, -0.1) is 0 Å². The lowest BCUT2D eigenvalue weighted by Crippen LogP contribution is -2.40. The molecule has 0 N–H and O–H groups in total. The largest absolute Gasteiger partial charge is 0.488 e. The SMILES string of the molecule is CC(C)c1cc(C(=O)N2CCOCC2)cc(C(C)C)c1OCc1ccccc1. The van der Waals surface area contributed by atoms with Crippen LogP contribution in [-0.4, -0.2) is 37.1 Å². The molecule has 0 aromatic heterocycles. The third-order valence-corrected chi connectivity index (χ3v) is 5.16. The van der Waals surface area contributed by atoms with E-state index in [2.05, 4.69) is 39.8 Å².